The van der Waals surface area contributed by atoms with Gasteiger partial charge in [0.2, 0.25) is 0 Å². The molecule has 40 heavy (non-hydrogen) atoms. The standard InChI is InChI=1S/C33H63N3O4/c1-23(8-4-16-37)26-9-10-27-31-28(22-30(33(26,27)3)40-19-7-15-36)32(2)12-11-25(38-17-5-13-34)20-24(32)21-29(31)39-18-6-14-35/h23-31,37H,4-22,34-36H2,1-3H3/t23?,24?,25?,26-,27?,28?,29?,30?,31?,32+,33-/m1/s1. The van der Waals surface area contributed by atoms with Crippen molar-refractivity contribution in [2.75, 3.05) is 46.1 Å². The lowest BCUT2D eigenvalue weighted by atomic mass is 9.43. The quantitative estimate of drug-likeness (QED) is 0.203. The van der Waals surface area contributed by atoms with Crippen molar-refractivity contribution in [2.24, 2.45) is 63.5 Å². The fourth-order valence-electron chi connectivity index (χ4n) is 10.2. The van der Waals surface area contributed by atoms with Gasteiger partial charge < -0.3 is 36.5 Å². The molecule has 0 heterocycles. The third kappa shape index (κ3) is 6.61. The molecule has 0 aromatic heterocycles. The van der Waals surface area contributed by atoms with Crippen molar-refractivity contribution in [2.45, 2.75) is 116 Å². The predicted octanol–water partition coefficient (Wildman–Crippen LogP) is 4.48. The van der Waals surface area contributed by atoms with E-state index >= 15 is 0 Å². The zero-order valence-corrected chi connectivity index (χ0v) is 26.0. The molecule has 8 unspecified atom stereocenters. The Bertz CT molecular complexity index is 757. The summed E-state index contributed by atoms with van der Waals surface area (Å²) in [7, 11) is 0. The smallest absolute Gasteiger partial charge is 0.0637 e. The molecule has 0 spiro atoms. The molecule has 234 valence electrons. The number of aliphatic hydroxyl groups is 1. The minimum atomic E-state index is 0.131. The van der Waals surface area contributed by atoms with Crippen molar-refractivity contribution in [3.05, 3.63) is 0 Å². The summed E-state index contributed by atoms with van der Waals surface area (Å²) in [6.45, 7) is 12.2. The maximum absolute atomic E-state index is 9.58. The van der Waals surface area contributed by atoms with Crippen LogP contribution in [0.3, 0.4) is 0 Å². The Hall–Kier alpha value is -0.280. The molecule has 4 saturated carbocycles. The van der Waals surface area contributed by atoms with E-state index in [2.05, 4.69) is 20.8 Å². The highest BCUT2D eigenvalue weighted by Crippen LogP contribution is 2.69. The van der Waals surface area contributed by atoms with Crippen LogP contribution in [0.4, 0.5) is 0 Å². The summed E-state index contributed by atoms with van der Waals surface area (Å²) in [5.74, 6) is 3.60. The summed E-state index contributed by atoms with van der Waals surface area (Å²) < 4.78 is 20.1. The molecule has 4 aliphatic rings. The lowest BCUT2D eigenvalue weighted by molar-refractivity contribution is -0.227. The molecular weight excluding hydrogens is 502 g/mol. The molecule has 7 heteroatoms. The molecule has 0 aliphatic heterocycles. The Balaban J connectivity index is 1.64. The minimum absolute atomic E-state index is 0.131. The SMILES string of the molecule is CC(CCCO)[C@H]1CCC2C3C(OCCCN)CC4CC(OCCCN)CC[C@]4(C)C3CC(OCCCN)[C@@]21C. The molecule has 0 amide bonds. The number of rotatable bonds is 16. The summed E-state index contributed by atoms with van der Waals surface area (Å²) >= 11 is 0. The van der Waals surface area contributed by atoms with E-state index in [1.54, 1.807) is 0 Å². The van der Waals surface area contributed by atoms with Crippen LogP contribution in [0, 0.1) is 46.3 Å². The second-order valence-electron chi connectivity index (χ2n) is 14.3. The van der Waals surface area contributed by atoms with Gasteiger partial charge in [-0.1, -0.05) is 20.8 Å². The van der Waals surface area contributed by atoms with E-state index in [4.69, 9.17) is 31.4 Å². The third-order valence-corrected chi connectivity index (χ3v) is 12.3. The Morgan fingerprint density at radius 3 is 2.15 bits per heavy atom. The summed E-state index contributed by atoms with van der Waals surface area (Å²) in [5, 5.41) is 9.58. The van der Waals surface area contributed by atoms with E-state index in [1.165, 1.54) is 19.3 Å². The van der Waals surface area contributed by atoms with E-state index < -0.39 is 0 Å². The van der Waals surface area contributed by atoms with Crippen LogP contribution in [-0.4, -0.2) is 69.5 Å². The number of ether oxygens (including phenoxy) is 3. The van der Waals surface area contributed by atoms with E-state index in [0.717, 1.165) is 77.6 Å². The molecule has 0 aromatic rings. The first-order valence-corrected chi connectivity index (χ1v) is 16.9. The predicted molar refractivity (Wildman–Crippen MR) is 162 cm³/mol. The van der Waals surface area contributed by atoms with Crippen LogP contribution in [0.25, 0.3) is 0 Å². The Kier molecular flexibility index (Phi) is 12.2. The van der Waals surface area contributed by atoms with Crippen LogP contribution < -0.4 is 17.2 Å². The Morgan fingerprint density at radius 1 is 0.800 bits per heavy atom. The molecule has 11 atom stereocenters. The fraction of sp³-hybridized carbons (Fsp3) is 1.00. The highest BCUT2D eigenvalue weighted by Gasteiger charge is 2.66. The van der Waals surface area contributed by atoms with Gasteiger partial charge in [-0.25, -0.2) is 0 Å². The van der Waals surface area contributed by atoms with Crippen LogP contribution in [0.1, 0.15) is 97.8 Å². The van der Waals surface area contributed by atoms with Gasteiger partial charge in [0.05, 0.1) is 18.3 Å². The number of aliphatic hydroxyl groups excluding tert-OH is 1. The van der Waals surface area contributed by atoms with Crippen molar-refractivity contribution in [1.29, 1.82) is 0 Å². The van der Waals surface area contributed by atoms with Crippen LogP contribution in [0.15, 0.2) is 0 Å². The lowest BCUT2D eigenvalue weighted by Gasteiger charge is -2.65. The molecule has 0 radical (unpaired) electrons. The molecule has 4 fully saturated rings. The van der Waals surface area contributed by atoms with Crippen LogP contribution in [0.2, 0.25) is 0 Å². The molecule has 7 nitrogen and oxygen atoms in total. The number of fused-ring (bicyclic) bond motifs is 5. The van der Waals surface area contributed by atoms with Gasteiger partial charge in [-0.15, -0.1) is 0 Å². The van der Waals surface area contributed by atoms with Gasteiger partial charge in [0.1, 0.15) is 0 Å². The van der Waals surface area contributed by atoms with E-state index in [9.17, 15) is 5.11 Å². The van der Waals surface area contributed by atoms with Gasteiger partial charge in [0.15, 0.2) is 0 Å². The zero-order chi connectivity index (χ0) is 28.8. The minimum Gasteiger partial charge on any atom is -0.396 e. The molecule has 0 bridgehead atoms. The number of nitrogens with two attached hydrogens (primary N) is 3. The van der Waals surface area contributed by atoms with Crippen molar-refractivity contribution in [3.63, 3.8) is 0 Å². The Labute approximate surface area is 245 Å². The second-order valence-corrected chi connectivity index (χ2v) is 14.3. The summed E-state index contributed by atoms with van der Waals surface area (Å²) in [5.41, 5.74) is 18.0. The van der Waals surface area contributed by atoms with E-state index in [-0.39, 0.29) is 18.1 Å². The van der Waals surface area contributed by atoms with Crippen molar-refractivity contribution < 1.29 is 19.3 Å². The third-order valence-electron chi connectivity index (χ3n) is 12.3. The first-order valence-electron chi connectivity index (χ1n) is 16.9. The van der Waals surface area contributed by atoms with E-state index in [1.807, 2.05) is 0 Å². The number of hydrogen-bond acceptors (Lipinski definition) is 7. The van der Waals surface area contributed by atoms with Gasteiger partial charge in [-0.3, -0.25) is 0 Å². The Morgan fingerprint density at radius 2 is 1.48 bits per heavy atom. The molecule has 0 saturated heterocycles. The average Bonchev–Trinajstić information content (AvgIpc) is 3.31. The van der Waals surface area contributed by atoms with Crippen molar-refractivity contribution >= 4 is 0 Å². The monoisotopic (exact) mass is 565 g/mol. The van der Waals surface area contributed by atoms with Crippen LogP contribution >= 0.6 is 0 Å². The summed E-state index contributed by atoms with van der Waals surface area (Å²) in [6, 6.07) is 0. The maximum atomic E-state index is 9.58. The van der Waals surface area contributed by atoms with Crippen molar-refractivity contribution in [1.82, 2.24) is 0 Å². The number of hydrogen-bond donors (Lipinski definition) is 4. The summed E-state index contributed by atoms with van der Waals surface area (Å²) in [4.78, 5) is 0. The molecule has 4 rings (SSSR count). The molecular formula is C33H63N3O4. The normalized spacial score (nSPS) is 41.8. The zero-order valence-electron chi connectivity index (χ0n) is 26.0. The van der Waals surface area contributed by atoms with Gasteiger partial charge in [-0.2, -0.15) is 0 Å². The van der Waals surface area contributed by atoms with Gasteiger partial charge in [-0.05, 0) is 138 Å². The highest BCUT2D eigenvalue weighted by molar-refractivity contribution is 5.15. The molecule has 7 N–H and O–H groups in total. The van der Waals surface area contributed by atoms with Gasteiger partial charge in [0, 0.05) is 31.8 Å². The fourth-order valence-corrected chi connectivity index (χ4v) is 10.2. The first kappa shape index (κ1) is 32.6. The van der Waals surface area contributed by atoms with Crippen LogP contribution in [-0.2, 0) is 14.2 Å². The van der Waals surface area contributed by atoms with E-state index in [0.29, 0.717) is 72.8 Å². The van der Waals surface area contributed by atoms with Gasteiger partial charge >= 0.3 is 0 Å². The first-order chi connectivity index (χ1) is 19.3. The topological polar surface area (TPSA) is 126 Å². The molecule has 4 aliphatic carbocycles. The maximum Gasteiger partial charge on any atom is 0.0637 e. The highest BCUT2D eigenvalue weighted by atomic mass is 16.5. The average molecular weight is 566 g/mol. The lowest BCUT2D eigenvalue weighted by Crippen LogP contribution is -2.63. The largest absolute Gasteiger partial charge is 0.396 e. The summed E-state index contributed by atoms with van der Waals surface area (Å²) in [6.07, 6.45) is 14.0. The van der Waals surface area contributed by atoms with Crippen molar-refractivity contribution in [3.8, 4) is 0 Å². The van der Waals surface area contributed by atoms with Crippen LogP contribution in [0.5, 0.6) is 0 Å². The molecule has 0 aromatic carbocycles. The second kappa shape index (κ2) is 14.9. The van der Waals surface area contributed by atoms with Gasteiger partial charge in [0.25, 0.3) is 0 Å².